The molecule has 0 aliphatic carbocycles. The maximum Gasteiger partial charge on any atom is 0.0629 e. The molecular weight excluding hydrogens is 767 g/mol. The third kappa shape index (κ3) is 7.17. The highest BCUT2D eigenvalue weighted by atomic mass is 32.1. The minimum atomic E-state index is -0.423. The zero-order valence-corrected chi connectivity index (χ0v) is 34.5. The van der Waals surface area contributed by atoms with Crippen LogP contribution in [0.5, 0.6) is 0 Å². The van der Waals surface area contributed by atoms with Crippen LogP contribution in [0.3, 0.4) is 0 Å². The fourth-order valence-corrected chi connectivity index (χ4v) is 9.72. The normalized spacial score (nSPS) is 12.4. The van der Waals surface area contributed by atoms with Crippen molar-refractivity contribution in [3.8, 4) is 66.8 Å². The lowest BCUT2D eigenvalue weighted by molar-refractivity contribution is 1.28. The summed E-state index contributed by atoms with van der Waals surface area (Å²) in [6.45, 7) is 0. The predicted octanol–water partition coefficient (Wildman–Crippen LogP) is 17.5. The Kier molecular flexibility index (Phi) is 8.45. The average Bonchev–Trinajstić information content (AvgIpc) is 3.77. The van der Waals surface area contributed by atoms with Gasteiger partial charge < -0.3 is 4.90 Å². The van der Waals surface area contributed by atoms with Gasteiger partial charge in [0.2, 0.25) is 0 Å². The van der Waals surface area contributed by atoms with Crippen LogP contribution in [0.15, 0.2) is 249 Å². The van der Waals surface area contributed by atoms with E-state index < -0.39 is 6.04 Å². The molecule has 0 aliphatic rings. The summed E-state index contributed by atoms with van der Waals surface area (Å²) in [5.74, 6) is 0. The molecule has 0 aliphatic heterocycles. The summed E-state index contributed by atoms with van der Waals surface area (Å²) in [5, 5.41) is 2.32. The highest BCUT2D eigenvalue weighted by molar-refractivity contribution is 7.25. The molecule has 0 spiro atoms. The molecule has 0 saturated heterocycles. The fraction of sp³-hybridized carbons (Fsp3) is 0. The Morgan fingerprint density at radius 2 is 0.855 bits per heavy atom. The molecule has 1 nitrogen and oxygen atoms in total. The lowest BCUT2D eigenvalue weighted by Gasteiger charge is -2.30. The molecular formula is C60H41NS. The lowest BCUT2D eigenvalue weighted by Crippen LogP contribution is -2.12. The summed E-state index contributed by atoms with van der Waals surface area (Å²) >= 11 is 1.72. The van der Waals surface area contributed by atoms with Crippen LogP contribution in [0.1, 0.15) is 6.85 Å². The molecule has 62 heavy (non-hydrogen) atoms. The Morgan fingerprint density at radius 3 is 1.52 bits per heavy atom. The van der Waals surface area contributed by atoms with Gasteiger partial charge in [-0.25, -0.2) is 0 Å². The highest BCUT2D eigenvalue weighted by Gasteiger charge is 2.22. The van der Waals surface area contributed by atoms with Gasteiger partial charge in [-0.3, -0.25) is 0 Å². The zero-order chi connectivity index (χ0) is 45.6. The molecule has 1 heterocycles. The van der Waals surface area contributed by atoms with Crippen LogP contribution in [0.2, 0.25) is 0 Å². The molecule has 0 bridgehead atoms. The van der Waals surface area contributed by atoms with E-state index in [1.807, 2.05) is 42.5 Å². The Bertz CT molecular complexity index is 3540. The van der Waals surface area contributed by atoms with Gasteiger partial charge in [0, 0.05) is 37.1 Å². The monoisotopic (exact) mass is 812 g/mol. The van der Waals surface area contributed by atoms with Crippen LogP contribution in [0, 0.1) is 0 Å². The predicted molar refractivity (Wildman–Crippen MR) is 267 cm³/mol. The number of hydrogen-bond donors (Lipinski definition) is 0. The van der Waals surface area contributed by atoms with Crippen molar-refractivity contribution in [1.29, 1.82) is 0 Å². The molecule has 10 aromatic carbocycles. The van der Waals surface area contributed by atoms with Gasteiger partial charge in [0.25, 0.3) is 0 Å². The van der Waals surface area contributed by atoms with Crippen LogP contribution < -0.4 is 4.90 Å². The average molecular weight is 813 g/mol. The van der Waals surface area contributed by atoms with Gasteiger partial charge in [0.15, 0.2) is 0 Å². The van der Waals surface area contributed by atoms with Gasteiger partial charge in [0.05, 0.1) is 12.5 Å². The third-order valence-electron chi connectivity index (χ3n) is 11.5. The van der Waals surface area contributed by atoms with E-state index in [-0.39, 0.29) is 29.7 Å². The summed E-state index contributed by atoms with van der Waals surface area (Å²) in [4.78, 5) is 2.23. The molecule has 1 aromatic heterocycles. The van der Waals surface area contributed by atoms with E-state index in [0.717, 1.165) is 82.8 Å². The van der Waals surface area contributed by atoms with Gasteiger partial charge in [-0.2, -0.15) is 0 Å². The van der Waals surface area contributed by atoms with Gasteiger partial charge in [0.1, 0.15) is 0 Å². The number of fused-ring (bicyclic) bond motifs is 3. The standard InChI is InChI=1S/C60H41NS/c1-5-17-42(18-6-1)47-25-15-26-53(40-47)61(52-34-31-45(32-35-52)51-38-49(43-19-7-2-8-20-43)37-50(39-51)44-21-9-3-10-22-44)57-29-16-28-54(46-23-11-4-12-24-46)60(57)48-33-36-56-55-27-13-14-30-58(55)62-59(56)41-48/h1-41H/i4D,11D,12D,23D,24D. The number of benzene rings is 10. The van der Waals surface area contributed by atoms with Gasteiger partial charge >= 0.3 is 0 Å². The molecule has 2 heteroatoms. The molecule has 11 rings (SSSR count). The second kappa shape index (κ2) is 16.3. The summed E-state index contributed by atoms with van der Waals surface area (Å²) in [5.41, 5.74) is 13.7. The number of hydrogen-bond acceptors (Lipinski definition) is 2. The van der Waals surface area contributed by atoms with Crippen molar-refractivity contribution in [3.63, 3.8) is 0 Å². The van der Waals surface area contributed by atoms with Crippen molar-refractivity contribution >= 4 is 48.6 Å². The summed E-state index contributed by atoms with van der Waals surface area (Å²) in [6, 6.07) is 74.2. The van der Waals surface area contributed by atoms with E-state index in [9.17, 15) is 2.74 Å². The minimum absolute atomic E-state index is 0.153. The molecule has 0 atom stereocenters. The first-order chi connectivity index (χ1) is 32.8. The Balaban J connectivity index is 1.15. The minimum Gasteiger partial charge on any atom is -0.310 e. The second-order valence-electron chi connectivity index (χ2n) is 15.3. The van der Waals surface area contributed by atoms with Gasteiger partial charge in [-0.05, 0) is 122 Å². The summed E-state index contributed by atoms with van der Waals surface area (Å²) in [7, 11) is 0. The largest absolute Gasteiger partial charge is 0.310 e. The number of thiophene rings is 1. The topological polar surface area (TPSA) is 3.24 Å². The first kappa shape index (κ1) is 32.1. The van der Waals surface area contributed by atoms with Crippen LogP contribution >= 0.6 is 11.3 Å². The van der Waals surface area contributed by atoms with Gasteiger partial charge in [-0.1, -0.05) is 188 Å². The Labute approximate surface area is 374 Å². The molecule has 11 aromatic rings. The second-order valence-corrected chi connectivity index (χ2v) is 16.4. The van der Waals surface area contributed by atoms with E-state index in [1.54, 1.807) is 11.3 Å². The van der Waals surface area contributed by atoms with Crippen LogP contribution in [-0.2, 0) is 0 Å². The maximum atomic E-state index is 9.23. The van der Waals surface area contributed by atoms with Crippen LogP contribution in [-0.4, -0.2) is 0 Å². The van der Waals surface area contributed by atoms with E-state index in [0.29, 0.717) is 5.56 Å². The fourth-order valence-electron chi connectivity index (χ4n) is 8.58. The van der Waals surface area contributed by atoms with Crippen molar-refractivity contribution < 1.29 is 6.85 Å². The molecule has 0 unspecified atom stereocenters. The van der Waals surface area contributed by atoms with Crippen molar-refractivity contribution in [1.82, 2.24) is 0 Å². The van der Waals surface area contributed by atoms with Crippen molar-refractivity contribution in [2.75, 3.05) is 4.90 Å². The quantitative estimate of drug-likeness (QED) is 0.140. The number of nitrogens with zero attached hydrogens (tertiary/aromatic N) is 1. The zero-order valence-electron chi connectivity index (χ0n) is 38.6. The van der Waals surface area contributed by atoms with Crippen molar-refractivity contribution in [3.05, 3.63) is 249 Å². The van der Waals surface area contributed by atoms with Gasteiger partial charge in [-0.15, -0.1) is 11.3 Å². The molecule has 0 amide bonds. The maximum absolute atomic E-state index is 9.23. The third-order valence-corrected chi connectivity index (χ3v) is 12.7. The van der Waals surface area contributed by atoms with Crippen LogP contribution in [0.25, 0.3) is 86.9 Å². The van der Waals surface area contributed by atoms with E-state index in [1.165, 1.54) is 10.1 Å². The van der Waals surface area contributed by atoms with Crippen molar-refractivity contribution in [2.45, 2.75) is 0 Å². The van der Waals surface area contributed by atoms with Crippen molar-refractivity contribution in [2.24, 2.45) is 0 Å². The lowest BCUT2D eigenvalue weighted by atomic mass is 9.91. The summed E-state index contributed by atoms with van der Waals surface area (Å²) < 4.78 is 46.7. The molecule has 0 N–H and O–H groups in total. The first-order valence-corrected chi connectivity index (χ1v) is 21.6. The highest BCUT2D eigenvalue weighted by Crippen LogP contribution is 2.48. The summed E-state index contributed by atoms with van der Waals surface area (Å²) in [6.07, 6.45) is 0. The SMILES string of the molecule is [2H]c1c([2H])c([2H])c(-c2cccc(N(c3ccc(-c4cc(-c5ccccc5)cc(-c5ccccc5)c4)cc3)c3cccc(-c4ccccc4)c3)c2-c2ccc3c(c2)sc2ccccc23)c([2H])c1[2H]. The van der Waals surface area contributed by atoms with E-state index in [4.69, 9.17) is 4.11 Å². The van der Waals surface area contributed by atoms with Crippen LogP contribution in [0.4, 0.5) is 17.1 Å². The molecule has 292 valence electrons. The molecule has 0 radical (unpaired) electrons. The number of rotatable bonds is 9. The van der Waals surface area contributed by atoms with E-state index in [2.05, 4.69) is 181 Å². The first-order valence-electron chi connectivity index (χ1n) is 23.2. The Hall–Kier alpha value is -7.78. The number of anilines is 3. The Morgan fingerprint density at radius 1 is 0.323 bits per heavy atom. The molecule has 0 saturated carbocycles. The van der Waals surface area contributed by atoms with E-state index >= 15 is 0 Å². The smallest absolute Gasteiger partial charge is 0.0629 e. The molecule has 0 fully saturated rings.